The standard InChI is InChI=1S/C15H13ClO3S/c1-18-12-6-4-10(9-13(12)19-2)3-5-11(17)14-7-8-15(16)20-14/h3-9H,1-2H3. The van der Waals surface area contributed by atoms with Gasteiger partial charge in [-0.3, -0.25) is 4.79 Å². The molecule has 1 aromatic heterocycles. The van der Waals surface area contributed by atoms with Gasteiger partial charge in [0.2, 0.25) is 0 Å². The molecule has 0 unspecified atom stereocenters. The lowest BCUT2D eigenvalue weighted by molar-refractivity contribution is 0.105. The van der Waals surface area contributed by atoms with Gasteiger partial charge in [-0.2, -0.15) is 0 Å². The van der Waals surface area contributed by atoms with Gasteiger partial charge in [0.1, 0.15) is 0 Å². The van der Waals surface area contributed by atoms with Gasteiger partial charge in [-0.25, -0.2) is 0 Å². The van der Waals surface area contributed by atoms with Crippen LogP contribution in [0.15, 0.2) is 36.4 Å². The molecule has 0 radical (unpaired) electrons. The smallest absolute Gasteiger partial charge is 0.195 e. The molecule has 0 atom stereocenters. The third-order valence-electron chi connectivity index (χ3n) is 2.65. The van der Waals surface area contributed by atoms with Gasteiger partial charge in [-0.15, -0.1) is 11.3 Å². The molecule has 0 saturated carbocycles. The van der Waals surface area contributed by atoms with Crippen molar-refractivity contribution in [1.29, 1.82) is 0 Å². The van der Waals surface area contributed by atoms with Crippen molar-refractivity contribution in [3.8, 4) is 11.5 Å². The van der Waals surface area contributed by atoms with E-state index in [1.165, 1.54) is 17.4 Å². The van der Waals surface area contributed by atoms with Gasteiger partial charge in [0.05, 0.1) is 23.4 Å². The molecule has 0 saturated heterocycles. The lowest BCUT2D eigenvalue weighted by Gasteiger charge is -2.07. The highest BCUT2D eigenvalue weighted by atomic mass is 35.5. The highest BCUT2D eigenvalue weighted by molar-refractivity contribution is 7.18. The number of benzene rings is 1. The SMILES string of the molecule is COc1ccc(C=CC(=O)c2ccc(Cl)s2)cc1OC. The molecule has 0 aliphatic heterocycles. The first kappa shape index (κ1) is 14.6. The summed E-state index contributed by atoms with van der Waals surface area (Å²) in [4.78, 5) is 12.5. The molecule has 1 heterocycles. The third-order valence-corrected chi connectivity index (χ3v) is 3.90. The molecule has 2 aromatic rings. The average molecular weight is 309 g/mol. The number of thiophene rings is 1. The largest absolute Gasteiger partial charge is 0.493 e. The number of hydrogen-bond acceptors (Lipinski definition) is 4. The maximum absolute atomic E-state index is 11.9. The molecule has 20 heavy (non-hydrogen) atoms. The molecule has 1 aromatic carbocycles. The van der Waals surface area contributed by atoms with Crippen molar-refractivity contribution in [2.24, 2.45) is 0 Å². The summed E-state index contributed by atoms with van der Waals surface area (Å²) in [5, 5.41) is 0. The Morgan fingerprint density at radius 2 is 1.90 bits per heavy atom. The van der Waals surface area contributed by atoms with Gasteiger partial charge in [0, 0.05) is 0 Å². The summed E-state index contributed by atoms with van der Waals surface area (Å²) >= 11 is 7.07. The van der Waals surface area contributed by atoms with Gasteiger partial charge in [-0.05, 0) is 35.9 Å². The zero-order chi connectivity index (χ0) is 14.5. The maximum Gasteiger partial charge on any atom is 0.195 e. The van der Waals surface area contributed by atoms with Crippen LogP contribution in [-0.4, -0.2) is 20.0 Å². The van der Waals surface area contributed by atoms with Crippen LogP contribution in [0.4, 0.5) is 0 Å². The molecule has 5 heteroatoms. The maximum atomic E-state index is 11.9. The van der Waals surface area contributed by atoms with E-state index in [1.807, 2.05) is 12.1 Å². The van der Waals surface area contributed by atoms with E-state index in [4.69, 9.17) is 21.1 Å². The number of methoxy groups -OCH3 is 2. The van der Waals surface area contributed by atoms with Gasteiger partial charge in [0.15, 0.2) is 17.3 Å². The van der Waals surface area contributed by atoms with Gasteiger partial charge < -0.3 is 9.47 Å². The Hall–Kier alpha value is -1.78. The molecule has 104 valence electrons. The Balaban J connectivity index is 2.17. The summed E-state index contributed by atoms with van der Waals surface area (Å²) in [5.74, 6) is 1.21. The van der Waals surface area contributed by atoms with Crippen molar-refractivity contribution in [3.05, 3.63) is 51.2 Å². The second kappa shape index (κ2) is 6.59. The number of carbonyl (C=O) groups excluding carboxylic acids is 1. The van der Waals surface area contributed by atoms with Crippen molar-refractivity contribution < 1.29 is 14.3 Å². The molecule has 0 spiro atoms. The van der Waals surface area contributed by atoms with E-state index in [1.54, 1.807) is 38.5 Å². The van der Waals surface area contributed by atoms with Crippen molar-refractivity contribution in [1.82, 2.24) is 0 Å². The van der Waals surface area contributed by atoms with Crippen LogP contribution in [0.5, 0.6) is 11.5 Å². The first-order valence-electron chi connectivity index (χ1n) is 5.84. The summed E-state index contributed by atoms with van der Waals surface area (Å²) in [6.07, 6.45) is 3.25. The van der Waals surface area contributed by atoms with Crippen LogP contribution >= 0.6 is 22.9 Å². The van der Waals surface area contributed by atoms with E-state index < -0.39 is 0 Å². The fraction of sp³-hybridized carbons (Fsp3) is 0.133. The molecule has 0 aliphatic carbocycles. The van der Waals surface area contributed by atoms with Crippen LogP contribution in [0.25, 0.3) is 6.08 Å². The van der Waals surface area contributed by atoms with E-state index in [2.05, 4.69) is 0 Å². The molecular formula is C15H13ClO3S. The van der Waals surface area contributed by atoms with E-state index >= 15 is 0 Å². The van der Waals surface area contributed by atoms with Gasteiger partial charge >= 0.3 is 0 Å². The molecule has 0 bridgehead atoms. The lowest BCUT2D eigenvalue weighted by atomic mass is 10.1. The van der Waals surface area contributed by atoms with Crippen LogP contribution in [0.1, 0.15) is 15.2 Å². The molecule has 0 aliphatic rings. The number of ether oxygens (including phenoxy) is 2. The third kappa shape index (κ3) is 3.40. The highest BCUT2D eigenvalue weighted by Crippen LogP contribution is 2.28. The first-order valence-corrected chi connectivity index (χ1v) is 7.03. The van der Waals surface area contributed by atoms with E-state index in [-0.39, 0.29) is 5.78 Å². The summed E-state index contributed by atoms with van der Waals surface area (Å²) in [6, 6.07) is 8.89. The highest BCUT2D eigenvalue weighted by Gasteiger charge is 2.06. The minimum atomic E-state index is -0.0725. The summed E-state index contributed by atoms with van der Waals surface area (Å²) < 4.78 is 11.0. The first-order chi connectivity index (χ1) is 9.63. The molecule has 2 rings (SSSR count). The fourth-order valence-corrected chi connectivity index (χ4v) is 2.62. The fourth-order valence-electron chi connectivity index (χ4n) is 1.66. The summed E-state index contributed by atoms with van der Waals surface area (Å²) in [5.41, 5.74) is 0.860. The lowest BCUT2D eigenvalue weighted by Crippen LogP contribution is -1.91. The van der Waals surface area contributed by atoms with Gasteiger partial charge in [-0.1, -0.05) is 23.7 Å². The van der Waals surface area contributed by atoms with Crippen molar-refractivity contribution in [3.63, 3.8) is 0 Å². The topological polar surface area (TPSA) is 35.5 Å². The molecule has 0 N–H and O–H groups in total. The van der Waals surface area contributed by atoms with E-state index in [0.717, 1.165) is 5.56 Å². The Morgan fingerprint density at radius 3 is 2.50 bits per heavy atom. The number of allylic oxidation sites excluding steroid dienone is 1. The van der Waals surface area contributed by atoms with Crippen LogP contribution in [0.2, 0.25) is 4.34 Å². The Bertz CT molecular complexity index is 646. The Morgan fingerprint density at radius 1 is 1.15 bits per heavy atom. The number of rotatable bonds is 5. The Labute approximate surface area is 126 Å². The minimum Gasteiger partial charge on any atom is -0.493 e. The van der Waals surface area contributed by atoms with Crippen molar-refractivity contribution in [2.45, 2.75) is 0 Å². The van der Waals surface area contributed by atoms with Crippen LogP contribution in [0, 0.1) is 0 Å². The molecule has 0 amide bonds. The predicted octanol–water partition coefficient (Wildman–Crippen LogP) is 4.31. The van der Waals surface area contributed by atoms with Gasteiger partial charge in [0.25, 0.3) is 0 Å². The number of ketones is 1. The second-order valence-electron chi connectivity index (χ2n) is 3.92. The molecular weight excluding hydrogens is 296 g/mol. The van der Waals surface area contributed by atoms with E-state index in [9.17, 15) is 4.79 Å². The van der Waals surface area contributed by atoms with Crippen molar-refractivity contribution >= 4 is 34.8 Å². The predicted molar refractivity (Wildman–Crippen MR) is 82.2 cm³/mol. The normalized spacial score (nSPS) is 10.8. The van der Waals surface area contributed by atoms with Crippen LogP contribution in [0.3, 0.4) is 0 Å². The zero-order valence-corrected chi connectivity index (χ0v) is 12.6. The van der Waals surface area contributed by atoms with Crippen LogP contribution in [-0.2, 0) is 0 Å². The summed E-state index contributed by atoms with van der Waals surface area (Å²) in [6.45, 7) is 0. The van der Waals surface area contributed by atoms with E-state index in [0.29, 0.717) is 20.7 Å². The Kier molecular flexibility index (Phi) is 4.82. The van der Waals surface area contributed by atoms with Crippen molar-refractivity contribution in [2.75, 3.05) is 14.2 Å². The number of carbonyl (C=O) groups is 1. The zero-order valence-electron chi connectivity index (χ0n) is 11.1. The number of hydrogen-bond donors (Lipinski definition) is 0. The molecule has 3 nitrogen and oxygen atoms in total. The minimum absolute atomic E-state index is 0.0725. The number of halogens is 1. The average Bonchev–Trinajstić information content (AvgIpc) is 2.91. The quantitative estimate of drug-likeness (QED) is 0.610. The second-order valence-corrected chi connectivity index (χ2v) is 5.63. The monoisotopic (exact) mass is 308 g/mol. The summed E-state index contributed by atoms with van der Waals surface area (Å²) in [7, 11) is 3.15. The molecule has 0 fully saturated rings. The van der Waals surface area contributed by atoms with Crippen LogP contribution < -0.4 is 9.47 Å².